The Labute approximate surface area is 299 Å². The number of aromatic carboxylic acids is 1. The summed E-state index contributed by atoms with van der Waals surface area (Å²) in [6, 6.07) is 12.5. The number of nitrogens with zero attached hydrogens (tertiary/aromatic N) is 5. The molecule has 2 aromatic heterocycles. The van der Waals surface area contributed by atoms with Crippen LogP contribution in [0.4, 0.5) is 16.2 Å². The lowest BCUT2D eigenvalue weighted by molar-refractivity contribution is 0.0696. The number of aryl methyl sites for hydroxylation is 2. The first-order valence-electron chi connectivity index (χ1n) is 17.1. The van der Waals surface area contributed by atoms with Crippen LogP contribution < -0.4 is 19.7 Å². The summed E-state index contributed by atoms with van der Waals surface area (Å²) in [5.41, 5.74) is 2.20. The second-order valence-corrected chi connectivity index (χ2v) is 15.4. The highest BCUT2D eigenvalue weighted by molar-refractivity contribution is 7.92. The van der Waals surface area contributed by atoms with E-state index in [0.717, 1.165) is 53.7 Å². The number of benzene rings is 2. The number of aromatic nitrogens is 4. The quantitative estimate of drug-likeness (QED) is 0.123. The van der Waals surface area contributed by atoms with Crippen molar-refractivity contribution in [1.82, 2.24) is 25.3 Å². The highest BCUT2D eigenvalue weighted by Gasteiger charge is 2.24. The van der Waals surface area contributed by atoms with E-state index in [1.807, 2.05) is 32.0 Å². The third kappa shape index (κ3) is 10.2. The van der Waals surface area contributed by atoms with Crippen molar-refractivity contribution in [3.05, 3.63) is 83.3 Å². The lowest BCUT2D eigenvalue weighted by Crippen LogP contribution is -2.38. The van der Waals surface area contributed by atoms with Gasteiger partial charge in [0.05, 0.1) is 28.0 Å². The first-order chi connectivity index (χ1) is 24.2. The SMILES string of the molecule is Cc1cccc(C)c1-c1cc(OCC(CCC(C)(C)F)NCc2cncc(N3CCCC[C@H]3C)n2)nc(NS(=O)(=O)c2cccc(C(=O)O)c2)n1. The second-order valence-electron chi connectivity index (χ2n) is 13.7. The highest BCUT2D eigenvalue weighted by Crippen LogP contribution is 2.30. The molecule has 0 saturated carbocycles. The Morgan fingerprint density at radius 3 is 2.53 bits per heavy atom. The smallest absolute Gasteiger partial charge is 0.335 e. The molecule has 12 nitrogen and oxygen atoms in total. The van der Waals surface area contributed by atoms with E-state index in [-0.39, 0.29) is 41.4 Å². The van der Waals surface area contributed by atoms with Crippen molar-refractivity contribution in [2.75, 3.05) is 22.8 Å². The van der Waals surface area contributed by atoms with E-state index >= 15 is 0 Å². The van der Waals surface area contributed by atoms with Gasteiger partial charge in [0.25, 0.3) is 10.0 Å². The molecule has 0 amide bonds. The van der Waals surface area contributed by atoms with Crippen LogP contribution >= 0.6 is 0 Å². The van der Waals surface area contributed by atoms with Crippen molar-refractivity contribution in [2.24, 2.45) is 0 Å². The van der Waals surface area contributed by atoms with Crippen LogP contribution in [0.15, 0.2) is 65.8 Å². The van der Waals surface area contributed by atoms with Crippen LogP contribution in [0.1, 0.15) is 80.1 Å². The zero-order chi connectivity index (χ0) is 36.8. The Bertz CT molecular complexity index is 1930. The summed E-state index contributed by atoms with van der Waals surface area (Å²) in [4.78, 5) is 31.8. The van der Waals surface area contributed by atoms with Crippen LogP contribution in [0, 0.1) is 13.8 Å². The molecule has 2 aromatic carbocycles. The number of nitrogens with one attached hydrogen (secondary N) is 2. The van der Waals surface area contributed by atoms with E-state index in [0.29, 0.717) is 24.7 Å². The molecule has 1 unspecified atom stereocenters. The summed E-state index contributed by atoms with van der Waals surface area (Å²) >= 11 is 0. The van der Waals surface area contributed by atoms with Gasteiger partial charge in [0.1, 0.15) is 18.1 Å². The zero-order valence-corrected chi connectivity index (χ0v) is 30.5. The molecule has 4 aromatic rings. The summed E-state index contributed by atoms with van der Waals surface area (Å²) < 4.78 is 50.1. The van der Waals surface area contributed by atoms with Gasteiger partial charge in [-0.2, -0.15) is 4.98 Å². The van der Waals surface area contributed by atoms with Gasteiger partial charge in [-0.3, -0.25) is 4.98 Å². The van der Waals surface area contributed by atoms with Gasteiger partial charge in [-0.15, -0.1) is 0 Å². The number of carboxylic acids is 1. The number of hydrogen-bond acceptors (Lipinski definition) is 10. The number of rotatable bonds is 15. The monoisotopic (exact) mass is 719 g/mol. The standard InChI is InChI=1S/C37H46FN7O5S/c1-24-10-8-11-25(2)34(24)31-19-33(43-36(42-31)44-51(48,49)30-14-9-13-27(18-30)35(46)47)50-23-28(15-16-37(4,5)38)40-21-29-20-39-22-32(41-29)45-17-7-6-12-26(45)3/h8-11,13-14,18-20,22,26,28,40H,6-7,12,15-17,21,23H2,1-5H3,(H,46,47)(H,42,43,44)/t26-,28?/m1/s1. The molecule has 1 saturated heterocycles. The summed E-state index contributed by atoms with van der Waals surface area (Å²) in [5, 5.41) is 12.8. The van der Waals surface area contributed by atoms with Crippen LogP contribution in [0.5, 0.6) is 5.88 Å². The fourth-order valence-corrected chi connectivity index (χ4v) is 7.11. The molecule has 1 aliphatic rings. The van der Waals surface area contributed by atoms with Gasteiger partial charge < -0.3 is 20.1 Å². The van der Waals surface area contributed by atoms with Gasteiger partial charge in [0.15, 0.2) is 0 Å². The topological polar surface area (TPSA) is 160 Å². The Morgan fingerprint density at radius 1 is 1.08 bits per heavy atom. The van der Waals surface area contributed by atoms with Gasteiger partial charge in [0, 0.05) is 43.0 Å². The van der Waals surface area contributed by atoms with E-state index in [1.165, 1.54) is 38.5 Å². The third-order valence-electron chi connectivity index (χ3n) is 8.92. The lowest BCUT2D eigenvalue weighted by Gasteiger charge is -2.34. The molecular weight excluding hydrogens is 674 g/mol. The van der Waals surface area contributed by atoms with Gasteiger partial charge in [-0.25, -0.2) is 32.3 Å². The number of hydrogen-bond donors (Lipinski definition) is 3. The molecule has 0 spiro atoms. The summed E-state index contributed by atoms with van der Waals surface area (Å²) in [5.74, 6) is -0.568. The van der Waals surface area contributed by atoms with Crippen LogP contribution in [-0.4, -0.2) is 70.3 Å². The minimum absolute atomic E-state index is 0.0857. The van der Waals surface area contributed by atoms with E-state index in [4.69, 9.17) is 9.72 Å². The molecule has 272 valence electrons. The average molecular weight is 720 g/mol. The number of sulfonamides is 1. The van der Waals surface area contributed by atoms with E-state index in [2.05, 4.69) is 36.8 Å². The first-order valence-corrected chi connectivity index (χ1v) is 18.6. The maximum atomic E-state index is 14.7. The number of alkyl halides is 1. The molecule has 2 atom stereocenters. The third-order valence-corrected chi connectivity index (χ3v) is 10.2. The highest BCUT2D eigenvalue weighted by atomic mass is 32.2. The number of ether oxygens (including phenoxy) is 1. The zero-order valence-electron chi connectivity index (χ0n) is 29.7. The van der Waals surface area contributed by atoms with Crippen molar-refractivity contribution in [3.8, 4) is 17.1 Å². The van der Waals surface area contributed by atoms with Gasteiger partial charge in [-0.1, -0.05) is 24.3 Å². The maximum Gasteiger partial charge on any atom is 0.335 e. The number of carboxylic acid groups (broad SMARTS) is 1. The maximum absolute atomic E-state index is 14.7. The van der Waals surface area contributed by atoms with Crippen molar-refractivity contribution >= 4 is 27.8 Å². The molecular formula is C37H46FN7O5S. The molecule has 1 aliphatic heterocycles. The molecule has 0 aliphatic carbocycles. The Hall–Kier alpha value is -4.69. The largest absolute Gasteiger partial charge is 0.478 e. The molecule has 1 fully saturated rings. The molecule has 14 heteroatoms. The second kappa shape index (κ2) is 16.1. The van der Waals surface area contributed by atoms with Gasteiger partial charge >= 0.3 is 5.97 Å². The molecule has 3 N–H and O–H groups in total. The summed E-state index contributed by atoms with van der Waals surface area (Å²) in [6.45, 7) is 10.5. The first kappa shape index (κ1) is 37.6. The Kier molecular flexibility index (Phi) is 11.9. The van der Waals surface area contributed by atoms with Crippen molar-refractivity contribution in [3.63, 3.8) is 0 Å². The van der Waals surface area contributed by atoms with Crippen LogP contribution in [0.25, 0.3) is 11.3 Å². The number of anilines is 2. The summed E-state index contributed by atoms with van der Waals surface area (Å²) in [7, 11) is -4.28. The number of piperidine rings is 1. The van der Waals surface area contributed by atoms with Gasteiger partial charge in [-0.05, 0) is 96.0 Å². The van der Waals surface area contributed by atoms with E-state index < -0.39 is 21.7 Å². The number of carbonyl (C=O) groups is 1. The summed E-state index contributed by atoms with van der Waals surface area (Å²) in [6.07, 6.45) is 7.63. The molecule has 0 bridgehead atoms. The molecule has 5 rings (SSSR count). The van der Waals surface area contributed by atoms with Crippen LogP contribution in [0.3, 0.4) is 0 Å². The van der Waals surface area contributed by atoms with Crippen molar-refractivity contribution in [1.29, 1.82) is 0 Å². The Morgan fingerprint density at radius 2 is 1.82 bits per heavy atom. The van der Waals surface area contributed by atoms with Crippen molar-refractivity contribution in [2.45, 2.75) is 95.9 Å². The number of halogens is 1. The predicted molar refractivity (Wildman–Crippen MR) is 194 cm³/mol. The lowest BCUT2D eigenvalue weighted by atomic mass is 10.00. The fraction of sp³-hybridized carbons (Fsp3) is 0.432. The molecule has 0 radical (unpaired) electrons. The van der Waals surface area contributed by atoms with Crippen molar-refractivity contribution < 1.29 is 27.4 Å². The van der Waals surface area contributed by atoms with E-state index in [9.17, 15) is 22.7 Å². The van der Waals surface area contributed by atoms with Gasteiger partial charge in [0.2, 0.25) is 11.8 Å². The fourth-order valence-electron chi connectivity index (χ4n) is 6.12. The normalized spacial score (nSPS) is 15.7. The average Bonchev–Trinajstić information content (AvgIpc) is 3.07. The van der Waals surface area contributed by atoms with Crippen LogP contribution in [-0.2, 0) is 16.6 Å². The minimum Gasteiger partial charge on any atom is -0.478 e. The molecule has 3 heterocycles. The minimum atomic E-state index is -4.28. The predicted octanol–water partition coefficient (Wildman–Crippen LogP) is 6.49. The van der Waals surface area contributed by atoms with E-state index in [1.54, 1.807) is 18.5 Å². The van der Waals surface area contributed by atoms with Crippen LogP contribution in [0.2, 0.25) is 0 Å². The molecule has 51 heavy (non-hydrogen) atoms. The Balaban J connectivity index is 1.40.